The molecule has 0 radical (unpaired) electrons. The summed E-state index contributed by atoms with van der Waals surface area (Å²) in [4.78, 5) is 0. The molecule has 0 saturated heterocycles. The summed E-state index contributed by atoms with van der Waals surface area (Å²) in [7, 11) is 0. The molecule has 66 valence electrons. The second-order valence-electron chi connectivity index (χ2n) is 3.33. The van der Waals surface area contributed by atoms with Gasteiger partial charge in [0.05, 0.1) is 0 Å². The second kappa shape index (κ2) is 3.07. The lowest BCUT2D eigenvalue weighted by molar-refractivity contribution is 1.50. The first-order valence-corrected chi connectivity index (χ1v) is 4.45. The summed E-state index contributed by atoms with van der Waals surface area (Å²) in [5.74, 6) is 0. The van der Waals surface area contributed by atoms with Crippen LogP contribution in [0.3, 0.4) is 0 Å². The van der Waals surface area contributed by atoms with Crippen LogP contribution < -0.4 is 10.4 Å². The van der Waals surface area contributed by atoms with Gasteiger partial charge in [-0.1, -0.05) is 37.4 Å². The molecule has 0 aliphatic carbocycles. The highest BCUT2D eigenvalue weighted by Gasteiger charge is 1.94. The molecule has 0 heteroatoms. The van der Waals surface area contributed by atoms with Crippen LogP contribution in [0.4, 0.5) is 0 Å². The van der Waals surface area contributed by atoms with Gasteiger partial charge in [0, 0.05) is 21.2 Å². The van der Waals surface area contributed by atoms with Gasteiger partial charge in [-0.25, -0.2) is 0 Å². The van der Waals surface area contributed by atoms with Gasteiger partial charge in [0.25, 0.3) is 0 Å². The minimum atomic E-state index is 0.802. The highest BCUT2D eigenvalue weighted by Crippen LogP contribution is 2.07. The van der Waals surface area contributed by atoms with E-state index in [9.17, 15) is 0 Å². The van der Waals surface area contributed by atoms with Gasteiger partial charge >= 0.3 is 0 Å². The van der Waals surface area contributed by atoms with Crippen molar-refractivity contribution >= 4 is 23.1 Å². The van der Waals surface area contributed by atoms with Crippen LogP contribution in [0, 0.1) is 19.1 Å². The monoisotopic (exact) mass is 178 g/mol. The molecule has 0 fully saturated rings. The largest absolute Gasteiger partial charge is 0.119 e. The van der Waals surface area contributed by atoms with Crippen molar-refractivity contribution in [3.05, 3.63) is 52.9 Å². The molecule has 2 aromatic carbocycles. The van der Waals surface area contributed by atoms with Crippen molar-refractivity contribution in [1.29, 1.82) is 0 Å². The van der Waals surface area contributed by atoms with Crippen molar-refractivity contribution < 1.29 is 0 Å². The van der Waals surface area contributed by atoms with E-state index in [-0.39, 0.29) is 0 Å². The third kappa shape index (κ3) is 1.21. The Morgan fingerprint density at radius 1 is 1.29 bits per heavy atom. The van der Waals surface area contributed by atoms with Crippen molar-refractivity contribution in [1.82, 2.24) is 0 Å². The van der Waals surface area contributed by atoms with Crippen LogP contribution in [0.1, 0.15) is 5.56 Å². The van der Waals surface area contributed by atoms with Gasteiger partial charge in [-0.3, -0.25) is 0 Å². The minimum Gasteiger partial charge on any atom is -0.119 e. The molecule has 0 aliphatic rings. The lowest BCUT2D eigenvalue weighted by Gasteiger charge is -1.95. The van der Waals surface area contributed by atoms with E-state index < -0.39 is 0 Å². The quantitative estimate of drug-likeness (QED) is 0.576. The Kier molecular flexibility index (Phi) is 1.89. The summed E-state index contributed by atoms with van der Waals surface area (Å²) in [5.41, 5.74) is 4.11. The van der Waals surface area contributed by atoms with Gasteiger partial charge in [-0.15, -0.1) is 5.73 Å². The predicted octanol–water partition coefficient (Wildman–Crippen LogP) is 1.72. The fourth-order valence-corrected chi connectivity index (χ4v) is 1.55. The number of benzene rings is 1. The molecule has 0 nitrogen and oxygen atoms in total. The molecular formula is C14H10. The lowest BCUT2D eigenvalue weighted by atomic mass is 10.1. The van der Waals surface area contributed by atoms with E-state index >= 15 is 0 Å². The average molecular weight is 178 g/mol. The predicted molar refractivity (Wildman–Crippen MR) is 60.2 cm³/mol. The minimum absolute atomic E-state index is 0.802. The molecule has 14 heavy (non-hydrogen) atoms. The zero-order valence-electron chi connectivity index (χ0n) is 8.15. The van der Waals surface area contributed by atoms with Gasteiger partial charge < -0.3 is 0 Å². The maximum Gasteiger partial charge on any atom is 0.0394 e. The van der Waals surface area contributed by atoms with Gasteiger partial charge in [-0.2, -0.15) is 0 Å². The van der Waals surface area contributed by atoms with Crippen molar-refractivity contribution in [2.24, 2.45) is 0 Å². The maximum atomic E-state index is 3.87. The Labute approximate surface area is 83.5 Å². The van der Waals surface area contributed by atoms with Crippen molar-refractivity contribution in [3.63, 3.8) is 0 Å². The number of rotatable bonds is 0. The molecule has 2 aromatic rings. The summed E-state index contributed by atoms with van der Waals surface area (Å²) >= 11 is 0. The maximum absolute atomic E-state index is 3.87. The molecule has 0 heterocycles. The molecule has 0 saturated carbocycles. The zero-order chi connectivity index (χ0) is 10.1. The Bertz CT molecular complexity index is 614. The summed E-state index contributed by atoms with van der Waals surface area (Å²) in [5, 5.41) is 3.87. The molecule has 0 aromatic heterocycles. The highest BCUT2D eigenvalue weighted by molar-refractivity contribution is 5.82. The van der Waals surface area contributed by atoms with Crippen LogP contribution in [-0.4, -0.2) is 0 Å². The van der Waals surface area contributed by atoms with Crippen LogP contribution in [0.2, 0.25) is 0 Å². The van der Waals surface area contributed by atoms with E-state index in [2.05, 4.69) is 56.1 Å². The smallest absolute Gasteiger partial charge is 0.0394 e. The first kappa shape index (κ1) is 8.63. The molecule has 0 unspecified atom stereocenters. The van der Waals surface area contributed by atoms with Crippen molar-refractivity contribution in [3.8, 4) is 0 Å². The Morgan fingerprint density at radius 2 is 2.07 bits per heavy atom. The number of aryl methyl sites for hydroxylation is 1. The molecular weight excluding hydrogens is 168 g/mol. The third-order valence-electron chi connectivity index (χ3n) is 2.27. The van der Waals surface area contributed by atoms with Gasteiger partial charge in [-0.05, 0) is 18.6 Å². The summed E-state index contributed by atoms with van der Waals surface area (Å²) in [6, 6.07) is 12.3. The summed E-state index contributed by atoms with van der Waals surface area (Å²) in [6.45, 7) is 9.60. The van der Waals surface area contributed by atoms with Gasteiger partial charge in [0.2, 0.25) is 0 Å². The first-order valence-electron chi connectivity index (χ1n) is 4.45. The fourth-order valence-electron chi connectivity index (χ4n) is 1.55. The van der Waals surface area contributed by atoms with Crippen molar-refractivity contribution in [2.45, 2.75) is 6.92 Å². The van der Waals surface area contributed by atoms with Crippen LogP contribution in [0.25, 0.3) is 23.1 Å². The summed E-state index contributed by atoms with van der Waals surface area (Å²) in [6.07, 6.45) is 0. The topological polar surface area (TPSA) is 0 Å². The SMILES string of the molecule is C=C=c1c(=C)c#cc2cc(C)ccc12. The molecule has 0 atom stereocenters. The van der Waals surface area contributed by atoms with E-state index in [1.54, 1.807) is 0 Å². The van der Waals surface area contributed by atoms with Crippen LogP contribution in [0.15, 0.2) is 24.8 Å². The Balaban J connectivity index is 3.12. The number of hydrogen-bond acceptors (Lipinski definition) is 0. The summed E-state index contributed by atoms with van der Waals surface area (Å²) < 4.78 is 0. The van der Waals surface area contributed by atoms with E-state index in [0.717, 1.165) is 21.2 Å². The first-order chi connectivity index (χ1) is 6.72. The van der Waals surface area contributed by atoms with E-state index in [0.29, 0.717) is 0 Å². The molecule has 0 amide bonds. The number of hydrogen-bond donors (Lipinski definition) is 0. The van der Waals surface area contributed by atoms with Gasteiger partial charge in [0.15, 0.2) is 0 Å². The lowest BCUT2D eigenvalue weighted by Crippen LogP contribution is -2.21. The average Bonchev–Trinajstić information content (AvgIpc) is 2.18. The van der Waals surface area contributed by atoms with Gasteiger partial charge in [0.1, 0.15) is 0 Å². The van der Waals surface area contributed by atoms with E-state index in [1.165, 1.54) is 5.56 Å². The second-order valence-corrected chi connectivity index (χ2v) is 3.33. The third-order valence-corrected chi connectivity index (χ3v) is 2.27. The zero-order valence-corrected chi connectivity index (χ0v) is 8.15. The molecule has 2 rings (SSSR count). The Morgan fingerprint density at radius 3 is 2.79 bits per heavy atom. The van der Waals surface area contributed by atoms with E-state index in [4.69, 9.17) is 0 Å². The normalized spacial score (nSPS) is 9.50. The Hall–Kier alpha value is -1.96. The van der Waals surface area contributed by atoms with Crippen LogP contribution >= 0.6 is 0 Å². The van der Waals surface area contributed by atoms with Crippen LogP contribution in [-0.2, 0) is 0 Å². The fraction of sp³-hybridized carbons (Fsp3) is 0.0714. The molecule has 0 aliphatic heterocycles. The van der Waals surface area contributed by atoms with Crippen molar-refractivity contribution in [2.75, 3.05) is 0 Å². The molecule has 0 bridgehead atoms. The van der Waals surface area contributed by atoms with E-state index in [1.807, 2.05) is 0 Å². The molecule has 0 N–H and O–H groups in total. The highest BCUT2D eigenvalue weighted by atomic mass is 14.0. The number of fused-ring (bicyclic) bond motifs is 1. The molecule has 0 spiro atoms. The standard InChI is InChI=1S/C14H10/c1-4-13-11(3)6-7-12-9-10(2)5-8-14(12)13/h5,8-9H,1,3H2,2H3. The van der Waals surface area contributed by atoms with Crippen LogP contribution in [0.5, 0.6) is 0 Å².